The summed E-state index contributed by atoms with van der Waals surface area (Å²) >= 11 is 6.11. The van der Waals surface area contributed by atoms with Gasteiger partial charge in [-0.05, 0) is 24.6 Å². The first-order valence-corrected chi connectivity index (χ1v) is 9.55. The van der Waals surface area contributed by atoms with Crippen LogP contribution in [0.2, 0.25) is 5.02 Å². The van der Waals surface area contributed by atoms with E-state index in [4.69, 9.17) is 20.9 Å². The van der Waals surface area contributed by atoms with Gasteiger partial charge in [-0.3, -0.25) is 10.1 Å². The predicted molar refractivity (Wildman–Crippen MR) is 111 cm³/mol. The molecule has 0 bridgehead atoms. The minimum atomic E-state index is -0.484. The zero-order chi connectivity index (χ0) is 20.9. The fourth-order valence-corrected chi connectivity index (χ4v) is 3.00. The van der Waals surface area contributed by atoms with Crippen molar-refractivity contribution < 1.29 is 14.1 Å². The van der Waals surface area contributed by atoms with Crippen molar-refractivity contribution in [3.63, 3.8) is 0 Å². The number of aromatic nitrogens is 4. The summed E-state index contributed by atoms with van der Waals surface area (Å²) in [4.78, 5) is 16.8. The average Bonchev–Trinajstić information content (AvgIpc) is 3.34. The minimum Gasteiger partial charge on any atom is -0.487 e. The van der Waals surface area contributed by atoms with E-state index in [9.17, 15) is 4.79 Å². The van der Waals surface area contributed by atoms with Gasteiger partial charge in [0.25, 0.3) is 5.91 Å². The van der Waals surface area contributed by atoms with E-state index in [0.29, 0.717) is 28.6 Å². The summed E-state index contributed by atoms with van der Waals surface area (Å²) < 4.78 is 12.6. The molecule has 4 aromatic rings. The Morgan fingerprint density at radius 2 is 1.93 bits per heavy atom. The second-order valence-corrected chi connectivity index (χ2v) is 6.90. The van der Waals surface area contributed by atoms with Crippen molar-refractivity contribution in [2.45, 2.75) is 20.1 Å². The van der Waals surface area contributed by atoms with Gasteiger partial charge in [0.15, 0.2) is 5.69 Å². The molecule has 0 aliphatic carbocycles. The lowest BCUT2D eigenvalue weighted by molar-refractivity contribution is 0.101. The minimum absolute atomic E-state index is 0.0810. The van der Waals surface area contributed by atoms with E-state index < -0.39 is 5.91 Å². The highest BCUT2D eigenvalue weighted by atomic mass is 35.5. The van der Waals surface area contributed by atoms with Gasteiger partial charge in [-0.1, -0.05) is 59.2 Å². The van der Waals surface area contributed by atoms with Crippen LogP contribution >= 0.6 is 11.6 Å². The number of halogens is 1. The Hall–Kier alpha value is -3.65. The van der Waals surface area contributed by atoms with Crippen molar-refractivity contribution in [1.29, 1.82) is 0 Å². The van der Waals surface area contributed by atoms with Gasteiger partial charge in [-0.15, -0.1) is 5.10 Å². The molecule has 4 rings (SSSR count). The number of carbonyl (C=O) groups is 1. The second kappa shape index (κ2) is 8.79. The Kier molecular flexibility index (Phi) is 5.76. The highest BCUT2D eigenvalue weighted by Crippen LogP contribution is 2.25. The molecule has 0 unspecified atom stereocenters. The molecule has 9 heteroatoms. The molecule has 2 aromatic heterocycles. The van der Waals surface area contributed by atoms with Gasteiger partial charge in [-0.2, -0.15) is 0 Å². The molecule has 0 spiro atoms. The molecule has 0 saturated carbocycles. The molecule has 2 aromatic carbocycles. The van der Waals surface area contributed by atoms with Crippen molar-refractivity contribution >= 4 is 23.5 Å². The van der Waals surface area contributed by atoms with E-state index in [1.54, 1.807) is 30.1 Å². The van der Waals surface area contributed by atoms with E-state index in [-0.39, 0.29) is 18.2 Å². The van der Waals surface area contributed by atoms with Gasteiger partial charge in [0.05, 0.1) is 17.1 Å². The van der Waals surface area contributed by atoms with E-state index in [1.807, 2.05) is 42.5 Å². The predicted octanol–water partition coefficient (Wildman–Crippen LogP) is 4.11. The molecule has 1 amide bonds. The Bertz CT molecular complexity index is 1160. The van der Waals surface area contributed by atoms with Crippen LogP contribution in [0.3, 0.4) is 0 Å². The number of nitrogens with one attached hydrogen (secondary N) is 1. The molecule has 0 aliphatic rings. The molecule has 0 fully saturated rings. The number of hydrogen-bond donors (Lipinski definition) is 1. The van der Waals surface area contributed by atoms with Gasteiger partial charge in [0, 0.05) is 0 Å². The normalized spacial score (nSPS) is 10.7. The maximum atomic E-state index is 12.7. The number of hydrogen-bond acceptors (Lipinski definition) is 6. The monoisotopic (exact) mass is 423 g/mol. The fraction of sp³-hybridized carbons (Fsp3) is 0.143. The van der Waals surface area contributed by atoms with Gasteiger partial charge in [-0.25, -0.2) is 9.67 Å². The van der Waals surface area contributed by atoms with Gasteiger partial charge in [0.2, 0.25) is 5.95 Å². The Morgan fingerprint density at radius 3 is 2.73 bits per heavy atom. The van der Waals surface area contributed by atoms with Crippen LogP contribution in [0, 0.1) is 6.92 Å². The summed E-state index contributed by atoms with van der Waals surface area (Å²) in [5, 5.41) is 11.3. The zero-order valence-electron chi connectivity index (χ0n) is 16.1. The van der Waals surface area contributed by atoms with E-state index in [1.165, 1.54) is 0 Å². The Balaban J connectivity index is 1.44. The Labute approximate surface area is 177 Å². The maximum Gasteiger partial charge on any atom is 0.280 e. The molecule has 0 saturated heterocycles. The van der Waals surface area contributed by atoms with Crippen LogP contribution in [0.15, 0.2) is 65.4 Å². The number of para-hydroxylation sites is 1. The van der Waals surface area contributed by atoms with Gasteiger partial charge < -0.3 is 9.26 Å². The van der Waals surface area contributed by atoms with Crippen LogP contribution in [0.4, 0.5) is 5.95 Å². The molecular formula is C21H18ClN5O3. The summed E-state index contributed by atoms with van der Waals surface area (Å²) in [6, 6.07) is 16.9. The lowest BCUT2D eigenvalue weighted by atomic mass is 10.2. The molecule has 8 nitrogen and oxygen atoms in total. The number of ether oxygens (including phenoxy) is 1. The average molecular weight is 424 g/mol. The fourth-order valence-electron chi connectivity index (χ4n) is 2.81. The summed E-state index contributed by atoms with van der Waals surface area (Å²) in [5.74, 6) is 0.679. The van der Waals surface area contributed by atoms with E-state index in [2.05, 4.69) is 20.6 Å². The first-order valence-electron chi connectivity index (χ1n) is 9.17. The number of nitrogens with zero attached hydrogens (tertiary/aromatic N) is 4. The summed E-state index contributed by atoms with van der Waals surface area (Å²) in [7, 11) is 0. The number of benzene rings is 2. The van der Waals surface area contributed by atoms with Crippen LogP contribution in [-0.2, 0) is 13.2 Å². The lowest BCUT2D eigenvalue weighted by Gasteiger charge is -2.07. The molecule has 0 atom stereocenters. The van der Waals surface area contributed by atoms with Gasteiger partial charge in [0.1, 0.15) is 24.4 Å². The number of aryl methyl sites for hydroxylation is 1. The number of anilines is 1. The quantitative estimate of drug-likeness (QED) is 0.480. The van der Waals surface area contributed by atoms with Crippen molar-refractivity contribution in [3.8, 4) is 5.75 Å². The number of amides is 1. The number of carbonyl (C=O) groups excluding carboxylic acids is 1. The third-order valence-corrected chi connectivity index (χ3v) is 4.67. The third-order valence-electron chi connectivity index (χ3n) is 4.36. The molecule has 1 N–H and O–H groups in total. The molecule has 30 heavy (non-hydrogen) atoms. The summed E-state index contributed by atoms with van der Waals surface area (Å²) in [5.41, 5.74) is 1.71. The van der Waals surface area contributed by atoms with Crippen LogP contribution in [0.25, 0.3) is 0 Å². The lowest BCUT2D eigenvalue weighted by Crippen LogP contribution is -2.16. The Morgan fingerprint density at radius 1 is 1.17 bits per heavy atom. The van der Waals surface area contributed by atoms with Crippen molar-refractivity contribution in [3.05, 3.63) is 88.5 Å². The molecule has 0 aliphatic heterocycles. The van der Waals surface area contributed by atoms with Crippen LogP contribution in [0.1, 0.15) is 27.4 Å². The number of rotatable bonds is 7. The van der Waals surface area contributed by atoms with E-state index >= 15 is 0 Å². The topological polar surface area (TPSA) is 95.1 Å². The van der Waals surface area contributed by atoms with Gasteiger partial charge >= 0.3 is 0 Å². The molecule has 152 valence electrons. The first kappa shape index (κ1) is 19.7. The second-order valence-electron chi connectivity index (χ2n) is 6.49. The van der Waals surface area contributed by atoms with Crippen molar-refractivity contribution in [1.82, 2.24) is 19.9 Å². The smallest absolute Gasteiger partial charge is 0.280 e. The van der Waals surface area contributed by atoms with Crippen LogP contribution < -0.4 is 10.1 Å². The third kappa shape index (κ3) is 4.49. The molecule has 0 radical (unpaired) electrons. The zero-order valence-corrected chi connectivity index (χ0v) is 16.8. The maximum absolute atomic E-state index is 12.7. The van der Waals surface area contributed by atoms with E-state index in [0.717, 1.165) is 5.56 Å². The van der Waals surface area contributed by atoms with Crippen LogP contribution in [0.5, 0.6) is 5.75 Å². The SMILES string of the molecule is Cc1onc(C(=O)Nc2ncn(Cc3ccccc3)n2)c1COc1ccccc1Cl. The van der Waals surface area contributed by atoms with Crippen molar-refractivity contribution in [2.75, 3.05) is 5.32 Å². The molecular weight excluding hydrogens is 406 g/mol. The van der Waals surface area contributed by atoms with Crippen LogP contribution in [-0.4, -0.2) is 25.8 Å². The highest BCUT2D eigenvalue weighted by molar-refractivity contribution is 6.32. The van der Waals surface area contributed by atoms with Crippen molar-refractivity contribution in [2.24, 2.45) is 0 Å². The molecule has 2 heterocycles. The highest BCUT2D eigenvalue weighted by Gasteiger charge is 2.22. The summed E-state index contributed by atoms with van der Waals surface area (Å²) in [6.45, 7) is 2.34. The first-order chi connectivity index (χ1) is 14.6. The summed E-state index contributed by atoms with van der Waals surface area (Å²) in [6.07, 6.45) is 1.55. The standard InChI is InChI=1S/C21H18ClN5O3/c1-14-16(12-29-18-10-6-5-9-17(18)22)19(26-30-14)20(28)24-21-23-13-27(25-21)11-15-7-3-2-4-8-15/h2-10,13H,11-12H2,1H3,(H,24,25,28). The largest absolute Gasteiger partial charge is 0.487 e.